The van der Waals surface area contributed by atoms with Crippen molar-refractivity contribution < 1.29 is 20.8 Å². The summed E-state index contributed by atoms with van der Waals surface area (Å²) in [5.41, 5.74) is 18.8. The molecule has 0 heterocycles. The van der Waals surface area contributed by atoms with Gasteiger partial charge >= 0.3 is 37.9 Å². The van der Waals surface area contributed by atoms with Crippen molar-refractivity contribution in [1.82, 2.24) is 0 Å². The third-order valence-corrected chi connectivity index (χ3v) is 12.5. The Bertz CT molecular complexity index is 2260. The SMILES string of the molecule is CCCCCCCc1cc2c(-c3ccc(C)cc3)ccc(-c3ccc(C)cc3)c2[cH-]1.CCCCCCCc1cc2c(-c3ccc(C)cc3)ccc(-c3ccc(C)cc3)c2[cH-]1.C[Si]C.[Cl][Zr+2][Cl]. The Morgan fingerprint density at radius 1 is 0.394 bits per heavy atom. The van der Waals surface area contributed by atoms with Crippen molar-refractivity contribution in [2.75, 3.05) is 0 Å². The molecule has 0 nitrogen and oxygen atoms in total. The van der Waals surface area contributed by atoms with Crippen molar-refractivity contribution in [3.8, 4) is 44.5 Å². The van der Waals surface area contributed by atoms with Gasteiger partial charge in [-0.3, -0.25) is 0 Å². The molecule has 0 unspecified atom stereocenters. The minimum absolute atomic E-state index is 0.826. The van der Waals surface area contributed by atoms with Gasteiger partial charge in [0, 0.05) is 9.52 Å². The second kappa shape index (κ2) is 28.5. The number of unbranched alkanes of at least 4 members (excludes halogenated alkanes) is 8. The summed E-state index contributed by atoms with van der Waals surface area (Å²) in [5.74, 6) is 0. The van der Waals surface area contributed by atoms with Crippen molar-refractivity contribution in [3.05, 3.63) is 179 Å². The van der Waals surface area contributed by atoms with E-state index in [-0.39, 0.29) is 0 Å². The normalized spacial score (nSPS) is 10.7. The summed E-state index contributed by atoms with van der Waals surface area (Å²) in [7, 11) is 11.0. The second-order valence-corrected chi connectivity index (χ2v) is 22.8. The number of rotatable bonds is 16. The maximum absolute atomic E-state index is 4.93. The molecule has 8 aromatic carbocycles. The van der Waals surface area contributed by atoms with Crippen LogP contribution in [0.1, 0.15) is 111 Å². The van der Waals surface area contributed by atoms with E-state index in [4.69, 9.17) is 17.0 Å². The number of hydrogen-bond donors (Lipinski definition) is 0. The monoisotopic (exact) mass is 1000 g/mol. The van der Waals surface area contributed by atoms with Crippen LogP contribution in [-0.4, -0.2) is 9.52 Å². The molecule has 4 heteroatoms. The van der Waals surface area contributed by atoms with Crippen molar-refractivity contribution in [2.24, 2.45) is 0 Å². The summed E-state index contributed by atoms with van der Waals surface area (Å²) < 4.78 is 0. The van der Waals surface area contributed by atoms with Crippen molar-refractivity contribution in [2.45, 2.75) is 132 Å². The molecule has 0 saturated heterocycles. The zero-order valence-corrected chi connectivity index (χ0v) is 46.1. The third-order valence-electron chi connectivity index (χ3n) is 12.5. The van der Waals surface area contributed by atoms with Crippen LogP contribution in [0.25, 0.3) is 66.1 Å². The Morgan fingerprint density at radius 3 is 0.939 bits per heavy atom. The number of fused-ring (bicyclic) bond motifs is 2. The molecule has 0 aliphatic carbocycles. The van der Waals surface area contributed by atoms with Crippen LogP contribution in [-0.2, 0) is 33.7 Å². The Hall–Kier alpha value is -3.78. The molecule has 8 rings (SSSR count). The average molecular weight is 1010 g/mol. The van der Waals surface area contributed by atoms with E-state index in [9.17, 15) is 0 Å². The van der Waals surface area contributed by atoms with Crippen molar-refractivity contribution >= 4 is 48.1 Å². The fourth-order valence-electron chi connectivity index (χ4n) is 8.81. The summed E-state index contributed by atoms with van der Waals surface area (Å²) in [4.78, 5) is 0. The Labute approximate surface area is 420 Å². The van der Waals surface area contributed by atoms with Gasteiger partial charge in [-0.15, -0.1) is 44.8 Å². The number of halogens is 2. The molecule has 0 fully saturated rings. The predicted octanol–water partition coefficient (Wildman–Crippen LogP) is 20.2. The van der Waals surface area contributed by atoms with Gasteiger partial charge < -0.3 is 0 Å². The molecule has 0 aromatic heterocycles. The first-order valence-corrected chi connectivity index (χ1v) is 32.7. The van der Waals surface area contributed by atoms with Gasteiger partial charge in [0.25, 0.3) is 0 Å². The fourth-order valence-corrected chi connectivity index (χ4v) is 8.81. The molecular weight excluding hydrogens is 935 g/mol. The molecule has 8 aromatic rings. The molecule has 0 N–H and O–H groups in total. The van der Waals surface area contributed by atoms with Crippen LogP contribution >= 0.6 is 17.0 Å². The Morgan fingerprint density at radius 2 is 0.652 bits per heavy atom. The van der Waals surface area contributed by atoms with Gasteiger partial charge in [-0.1, -0.05) is 268 Å². The van der Waals surface area contributed by atoms with E-state index in [0.717, 1.165) is 9.52 Å². The summed E-state index contributed by atoms with van der Waals surface area (Å²) in [6.07, 6.45) is 15.7. The van der Waals surface area contributed by atoms with Gasteiger partial charge in [0.15, 0.2) is 0 Å². The van der Waals surface area contributed by atoms with E-state index in [0.29, 0.717) is 0 Å². The van der Waals surface area contributed by atoms with E-state index in [1.54, 1.807) is 0 Å². The van der Waals surface area contributed by atoms with Crippen LogP contribution < -0.4 is 0 Å². The first-order chi connectivity index (χ1) is 32.1. The van der Waals surface area contributed by atoms with E-state index in [1.807, 2.05) is 0 Å². The van der Waals surface area contributed by atoms with E-state index < -0.39 is 20.8 Å². The summed E-state index contributed by atoms with van der Waals surface area (Å²) in [6.45, 7) is 17.5. The topological polar surface area (TPSA) is 0 Å². The van der Waals surface area contributed by atoms with Gasteiger partial charge in [-0.2, -0.15) is 12.1 Å². The van der Waals surface area contributed by atoms with Crippen molar-refractivity contribution in [3.63, 3.8) is 0 Å². The van der Waals surface area contributed by atoms with Crippen LogP contribution in [0.3, 0.4) is 0 Å². The average Bonchev–Trinajstić information content (AvgIpc) is 3.96. The fraction of sp³-hybridized carbons (Fsp3) is 0.323. The molecule has 342 valence electrons. The molecule has 0 aliphatic heterocycles. The molecule has 0 bridgehead atoms. The molecule has 0 aliphatic rings. The predicted molar refractivity (Wildman–Crippen MR) is 294 cm³/mol. The van der Waals surface area contributed by atoms with E-state index in [2.05, 4.69) is 200 Å². The first kappa shape index (κ1) is 53.2. The molecule has 0 saturated carbocycles. The van der Waals surface area contributed by atoms with Gasteiger partial charge in [-0.25, -0.2) is 0 Å². The zero-order valence-electron chi connectivity index (χ0n) is 41.1. The number of aryl methyl sites for hydroxylation is 6. The minimum atomic E-state index is -0.826. The second-order valence-electron chi connectivity index (χ2n) is 18.1. The molecule has 66 heavy (non-hydrogen) atoms. The maximum atomic E-state index is 4.93. The van der Waals surface area contributed by atoms with Crippen LogP contribution in [0, 0.1) is 27.7 Å². The van der Waals surface area contributed by atoms with Gasteiger partial charge in [0.2, 0.25) is 0 Å². The summed E-state index contributed by atoms with van der Waals surface area (Å²) in [5, 5.41) is 5.56. The summed E-state index contributed by atoms with van der Waals surface area (Å²) >= 11 is -0.826. The molecule has 0 amide bonds. The van der Waals surface area contributed by atoms with E-state index in [1.165, 1.54) is 176 Å². The van der Waals surface area contributed by atoms with Crippen molar-refractivity contribution in [1.29, 1.82) is 0 Å². The standard InChI is InChI=1S/2C30H33.C2H6Si.2ClH.Zr/c2*1-4-5-6-7-8-9-24-20-29-27(25-14-10-22(2)11-15-25)18-19-28(30(29)21-24)26-16-12-23(3)13-17-26;1-3-2;;;/h2*10-21H,4-9H2,1-3H3;1-2H3;2*1H;/q2*-1;;;;+4/p-2. The van der Waals surface area contributed by atoms with Gasteiger partial charge in [0.1, 0.15) is 0 Å². The van der Waals surface area contributed by atoms with Gasteiger partial charge in [-0.05, 0) is 51.7 Å². The number of hydrogen-bond acceptors (Lipinski definition) is 0. The van der Waals surface area contributed by atoms with Gasteiger partial charge in [0.05, 0.1) is 0 Å². The molecular formula is C62H72Cl2SiZr. The van der Waals surface area contributed by atoms with Crippen LogP contribution in [0.2, 0.25) is 13.1 Å². The van der Waals surface area contributed by atoms with Crippen LogP contribution in [0.5, 0.6) is 0 Å². The Balaban J connectivity index is 0.000000221. The number of benzene rings is 6. The molecule has 2 radical (unpaired) electrons. The quantitative estimate of drug-likeness (QED) is 0.0514. The molecule has 0 spiro atoms. The van der Waals surface area contributed by atoms with Crippen LogP contribution in [0.15, 0.2) is 146 Å². The Kier molecular flexibility index (Phi) is 23.0. The third kappa shape index (κ3) is 15.6. The van der Waals surface area contributed by atoms with E-state index >= 15 is 0 Å². The first-order valence-electron chi connectivity index (χ1n) is 24.4. The molecule has 0 atom stereocenters. The summed E-state index contributed by atoms with van der Waals surface area (Å²) in [6, 6.07) is 54.8. The zero-order chi connectivity index (χ0) is 47.3. The van der Waals surface area contributed by atoms with Crippen LogP contribution in [0.4, 0.5) is 0 Å².